The molecule has 0 spiro atoms. The minimum absolute atomic E-state index is 0.0317. The molecule has 0 saturated carbocycles. The molecule has 6 heteroatoms. The lowest BCUT2D eigenvalue weighted by Crippen LogP contribution is -2.00. The number of hydrogen-bond donors (Lipinski definition) is 1. The summed E-state index contributed by atoms with van der Waals surface area (Å²) in [6, 6.07) is 11.0. The lowest BCUT2D eigenvalue weighted by Gasteiger charge is -2.09. The van der Waals surface area contributed by atoms with Gasteiger partial charge in [0, 0.05) is 0 Å². The Morgan fingerprint density at radius 2 is 2.14 bits per heavy atom. The van der Waals surface area contributed by atoms with E-state index < -0.39 is 11.8 Å². The molecule has 2 aromatic rings. The van der Waals surface area contributed by atoms with E-state index in [2.05, 4.69) is 15.9 Å². The predicted molar refractivity (Wildman–Crippen MR) is 76.7 cm³/mol. The van der Waals surface area contributed by atoms with E-state index in [4.69, 9.17) is 15.1 Å². The Morgan fingerprint density at radius 1 is 1.38 bits per heavy atom. The van der Waals surface area contributed by atoms with Crippen LogP contribution in [0.2, 0.25) is 0 Å². The van der Waals surface area contributed by atoms with Crippen LogP contribution in [0, 0.1) is 17.1 Å². The molecule has 1 N–H and O–H groups in total. The van der Waals surface area contributed by atoms with Crippen molar-refractivity contribution in [3.05, 3.63) is 57.8 Å². The fourth-order valence-electron chi connectivity index (χ4n) is 1.72. The smallest absolute Gasteiger partial charge is 0.307 e. The van der Waals surface area contributed by atoms with Crippen LogP contribution in [0.1, 0.15) is 11.1 Å². The van der Waals surface area contributed by atoms with E-state index in [1.807, 2.05) is 6.07 Å². The molecular formula is C15H9BrFNO3. The summed E-state index contributed by atoms with van der Waals surface area (Å²) in [5.74, 6) is -1.37. The largest absolute Gasteiger partial charge is 0.481 e. The normalized spacial score (nSPS) is 9.95. The van der Waals surface area contributed by atoms with Crippen molar-refractivity contribution in [1.82, 2.24) is 0 Å². The molecule has 0 heterocycles. The van der Waals surface area contributed by atoms with Crippen LogP contribution in [-0.2, 0) is 11.2 Å². The highest BCUT2D eigenvalue weighted by Crippen LogP contribution is 2.31. The Labute approximate surface area is 128 Å². The van der Waals surface area contributed by atoms with Crippen LogP contribution in [0.4, 0.5) is 4.39 Å². The van der Waals surface area contributed by atoms with Crippen molar-refractivity contribution in [3.8, 4) is 17.6 Å². The van der Waals surface area contributed by atoms with Crippen LogP contribution in [0.15, 0.2) is 40.9 Å². The van der Waals surface area contributed by atoms with Gasteiger partial charge in [-0.25, -0.2) is 4.39 Å². The highest BCUT2D eigenvalue weighted by atomic mass is 79.9. The first-order valence-corrected chi connectivity index (χ1v) is 6.67. The van der Waals surface area contributed by atoms with E-state index in [0.29, 0.717) is 11.3 Å². The maximum atomic E-state index is 14.0. The number of benzene rings is 2. The van der Waals surface area contributed by atoms with E-state index in [1.54, 1.807) is 18.2 Å². The number of aliphatic carboxylic acids is 1. The van der Waals surface area contributed by atoms with E-state index in [-0.39, 0.29) is 22.2 Å². The molecule has 0 amide bonds. The van der Waals surface area contributed by atoms with Gasteiger partial charge in [-0.2, -0.15) is 5.26 Å². The third-order valence-electron chi connectivity index (χ3n) is 2.65. The molecule has 0 radical (unpaired) electrons. The van der Waals surface area contributed by atoms with E-state index in [0.717, 1.165) is 0 Å². The summed E-state index contributed by atoms with van der Waals surface area (Å²) in [6.45, 7) is 0. The van der Waals surface area contributed by atoms with Crippen molar-refractivity contribution in [2.45, 2.75) is 6.42 Å². The van der Waals surface area contributed by atoms with Crippen LogP contribution < -0.4 is 4.74 Å². The topological polar surface area (TPSA) is 70.3 Å². The van der Waals surface area contributed by atoms with Crippen molar-refractivity contribution in [2.24, 2.45) is 0 Å². The number of halogens is 2. The maximum Gasteiger partial charge on any atom is 0.307 e. The summed E-state index contributed by atoms with van der Waals surface area (Å²) in [5, 5.41) is 17.5. The average Bonchev–Trinajstić information content (AvgIpc) is 2.44. The van der Waals surface area contributed by atoms with Gasteiger partial charge in [0.1, 0.15) is 11.8 Å². The molecule has 0 aromatic heterocycles. The average molecular weight is 350 g/mol. The van der Waals surface area contributed by atoms with Crippen molar-refractivity contribution >= 4 is 21.9 Å². The number of hydrogen-bond acceptors (Lipinski definition) is 3. The van der Waals surface area contributed by atoms with Gasteiger partial charge in [-0.15, -0.1) is 0 Å². The second kappa shape index (κ2) is 6.37. The van der Waals surface area contributed by atoms with Crippen LogP contribution in [-0.4, -0.2) is 11.1 Å². The summed E-state index contributed by atoms with van der Waals surface area (Å²) in [7, 11) is 0. The Morgan fingerprint density at radius 3 is 2.81 bits per heavy atom. The zero-order valence-corrected chi connectivity index (χ0v) is 12.2. The summed E-state index contributed by atoms with van der Waals surface area (Å²) in [5.41, 5.74) is 0.715. The first-order chi connectivity index (χ1) is 10.0. The minimum atomic E-state index is -0.959. The Bertz CT molecular complexity index is 740. The highest BCUT2D eigenvalue weighted by molar-refractivity contribution is 9.10. The van der Waals surface area contributed by atoms with E-state index in [9.17, 15) is 9.18 Å². The van der Waals surface area contributed by atoms with Gasteiger partial charge in [0.25, 0.3) is 0 Å². The maximum absolute atomic E-state index is 14.0. The molecule has 0 aliphatic rings. The van der Waals surface area contributed by atoms with Crippen molar-refractivity contribution < 1.29 is 19.0 Å². The molecule has 0 fully saturated rings. The Hall–Kier alpha value is -2.39. The summed E-state index contributed by atoms with van der Waals surface area (Å²) in [4.78, 5) is 10.7. The zero-order valence-electron chi connectivity index (χ0n) is 10.6. The molecule has 2 rings (SSSR count). The highest BCUT2D eigenvalue weighted by Gasteiger charge is 2.13. The van der Waals surface area contributed by atoms with Gasteiger partial charge < -0.3 is 9.84 Å². The van der Waals surface area contributed by atoms with Crippen molar-refractivity contribution in [2.75, 3.05) is 0 Å². The van der Waals surface area contributed by atoms with Gasteiger partial charge >= 0.3 is 5.97 Å². The van der Waals surface area contributed by atoms with Crippen molar-refractivity contribution in [1.29, 1.82) is 5.26 Å². The molecular weight excluding hydrogens is 341 g/mol. The standard InChI is InChI=1S/C15H9BrFNO3/c16-14-10(8-18)4-5-12(15(14)17)21-11-3-1-2-9(6-11)7-13(19)20/h1-6H,7H2,(H,19,20). The number of nitrogens with zero attached hydrogens (tertiary/aromatic N) is 1. The van der Waals surface area contributed by atoms with Gasteiger partial charge in [0.15, 0.2) is 11.6 Å². The quantitative estimate of drug-likeness (QED) is 0.909. The Kier molecular flexibility index (Phi) is 4.55. The van der Waals surface area contributed by atoms with E-state index in [1.165, 1.54) is 18.2 Å². The molecule has 106 valence electrons. The van der Waals surface area contributed by atoms with Crippen LogP contribution in [0.5, 0.6) is 11.5 Å². The molecule has 2 aromatic carbocycles. The summed E-state index contributed by atoms with van der Waals surface area (Å²) in [6.07, 6.45) is -0.142. The molecule has 0 aliphatic heterocycles. The predicted octanol–water partition coefficient (Wildman–Crippen LogP) is 3.88. The lowest BCUT2D eigenvalue weighted by molar-refractivity contribution is -0.136. The van der Waals surface area contributed by atoms with E-state index >= 15 is 0 Å². The third kappa shape index (κ3) is 3.58. The summed E-state index contributed by atoms with van der Waals surface area (Å²) < 4.78 is 19.5. The lowest BCUT2D eigenvalue weighted by atomic mass is 10.1. The fraction of sp³-hybridized carbons (Fsp3) is 0.0667. The van der Waals surface area contributed by atoms with Gasteiger partial charge in [0.2, 0.25) is 0 Å². The fourth-order valence-corrected chi connectivity index (χ4v) is 2.13. The molecule has 0 atom stereocenters. The number of ether oxygens (including phenoxy) is 1. The first-order valence-electron chi connectivity index (χ1n) is 5.88. The van der Waals surface area contributed by atoms with Gasteiger partial charge in [0.05, 0.1) is 16.5 Å². The number of carboxylic acids is 1. The monoisotopic (exact) mass is 349 g/mol. The number of nitriles is 1. The second-order valence-electron chi connectivity index (χ2n) is 4.17. The number of rotatable bonds is 4. The zero-order chi connectivity index (χ0) is 15.4. The molecule has 0 bridgehead atoms. The first kappa shape index (κ1) is 15.0. The third-order valence-corrected chi connectivity index (χ3v) is 3.42. The van der Waals surface area contributed by atoms with Gasteiger partial charge in [-0.3, -0.25) is 4.79 Å². The van der Waals surface area contributed by atoms with Crippen LogP contribution >= 0.6 is 15.9 Å². The molecule has 0 unspecified atom stereocenters. The second-order valence-corrected chi connectivity index (χ2v) is 4.96. The molecule has 0 saturated heterocycles. The SMILES string of the molecule is N#Cc1ccc(Oc2cccc(CC(=O)O)c2)c(F)c1Br. The molecule has 21 heavy (non-hydrogen) atoms. The van der Waals surface area contributed by atoms with Gasteiger partial charge in [-0.1, -0.05) is 12.1 Å². The molecule has 0 aliphatic carbocycles. The number of carboxylic acid groups (broad SMARTS) is 1. The van der Waals surface area contributed by atoms with Crippen LogP contribution in [0.25, 0.3) is 0 Å². The number of carbonyl (C=O) groups is 1. The molecule has 4 nitrogen and oxygen atoms in total. The van der Waals surface area contributed by atoms with Crippen molar-refractivity contribution in [3.63, 3.8) is 0 Å². The van der Waals surface area contributed by atoms with Gasteiger partial charge in [-0.05, 0) is 45.8 Å². The summed E-state index contributed by atoms with van der Waals surface area (Å²) >= 11 is 3.00. The minimum Gasteiger partial charge on any atom is -0.481 e. The van der Waals surface area contributed by atoms with Crippen LogP contribution in [0.3, 0.4) is 0 Å². The Balaban J connectivity index is 2.29.